The number of aromatic nitrogens is 1. The number of nitrogens with one attached hydrogen (secondary N) is 1. The number of pyridine rings is 1. The lowest BCUT2D eigenvalue weighted by atomic mass is 9.93. The molecule has 0 amide bonds. The molecule has 0 radical (unpaired) electrons. The first-order chi connectivity index (χ1) is 6.79. The van der Waals surface area contributed by atoms with Crippen LogP contribution in [0.4, 0.5) is 11.5 Å². The molecule has 1 saturated carbocycles. The van der Waals surface area contributed by atoms with Gasteiger partial charge in [-0.3, -0.25) is 0 Å². The quantitative estimate of drug-likeness (QED) is 0.766. The molecule has 1 aliphatic carbocycles. The molecule has 4 nitrogen and oxygen atoms in total. The van der Waals surface area contributed by atoms with Gasteiger partial charge in [-0.05, 0) is 31.4 Å². The van der Waals surface area contributed by atoms with Gasteiger partial charge in [0, 0.05) is 6.04 Å². The number of nitrogen functional groups attached to an aromatic ring is 1. The first-order valence-electron chi connectivity index (χ1n) is 4.86. The van der Waals surface area contributed by atoms with Crippen LogP contribution in [-0.2, 0) is 0 Å². The van der Waals surface area contributed by atoms with Crippen molar-refractivity contribution in [3.8, 4) is 5.88 Å². The van der Waals surface area contributed by atoms with Gasteiger partial charge in [0.1, 0.15) is 5.82 Å². The smallest absolute Gasteiger partial charge is 0.238 e. The van der Waals surface area contributed by atoms with Gasteiger partial charge in [0.05, 0.1) is 12.8 Å². The van der Waals surface area contributed by atoms with Gasteiger partial charge in [-0.2, -0.15) is 4.98 Å². The van der Waals surface area contributed by atoms with Crippen LogP contribution in [0.5, 0.6) is 5.88 Å². The Balaban J connectivity index is 2.09. The normalized spacial score (nSPS) is 16.1. The van der Waals surface area contributed by atoms with E-state index >= 15 is 0 Å². The number of nitrogens with two attached hydrogens (primary N) is 1. The van der Waals surface area contributed by atoms with Crippen LogP contribution in [0.3, 0.4) is 0 Å². The number of ether oxygens (including phenoxy) is 1. The Morgan fingerprint density at radius 2 is 2.29 bits per heavy atom. The molecule has 0 bridgehead atoms. The molecule has 0 aromatic carbocycles. The van der Waals surface area contributed by atoms with E-state index < -0.39 is 0 Å². The summed E-state index contributed by atoms with van der Waals surface area (Å²) in [6.07, 6.45) is 3.77. The summed E-state index contributed by atoms with van der Waals surface area (Å²) >= 11 is 0. The van der Waals surface area contributed by atoms with Crippen molar-refractivity contribution in [2.75, 3.05) is 18.2 Å². The Hall–Kier alpha value is -1.45. The number of anilines is 2. The highest BCUT2D eigenvalue weighted by Crippen LogP contribution is 2.25. The first kappa shape index (κ1) is 9.12. The lowest BCUT2D eigenvalue weighted by Gasteiger charge is -2.27. The fraction of sp³-hybridized carbons (Fsp3) is 0.500. The van der Waals surface area contributed by atoms with Crippen LogP contribution in [0.15, 0.2) is 12.1 Å². The summed E-state index contributed by atoms with van der Waals surface area (Å²) in [4.78, 5) is 4.25. The van der Waals surface area contributed by atoms with Crippen LogP contribution in [0, 0.1) is 0 Å². The van der Waals surface area contributed by atoms with E-state index in [9.17, 15) is 0 Å². The molecule has 0 spiro atoms. The summed E-state index contributed by atoms with van der Waals surface area (Å²) in [6, 6.07) is 4.28. The predicted octanol–water partition coefficient (Wildman–Crippen LogP) is 1.64. The minimum Gasteiger partial charge on any atom is -0.479 e. The van der Waals surface area contributed by atoms with Crippen LogP contribution in [0.2, 0.25) is 0 Å². The van der Waals surface area contributed by atoms with Crippen molar-refractivity contribution in [3.63, 3.8) is 0 Å². The molecule has 3 N–H and O–H groups in total. The van der Waals surface area contributed by atoms with E-state index in [-0.39, 0.29) is 0 Å². The van der Waals surface area contributed by atoms with E-state index in [2.05, 4.69) is 10.3 Å². The van der Waals surface area contributed by atoms with Gasteiger partial charge in [0.15, 0.2) is 0 Å². The number of hydrogen-bond donors (Lipinski definition) is 2. The fourth-order valence-electron chi connectivity index (χ4n) is 1.46. The highest BCUT2D eigenvalue weighted by Gasteiger charge is 2.17. The highest BCUT2D eigenvalue weighted by atomic mass is 16.5. The lowest BCUT2D eigenvalue weighted by molar-refractivity contribution is 0.399. The Kier molecular flexibility index (Phi) is 2.43. The molecular formula is C10H15N3O. The molecule has 4 heteroatoms. The van der Waals surface area contributed by atoms with Crippen molar-refractivity contribution < 1.29 is 4.74 Å². The lowest BCUT2D eigenvalue weighted by Crippen LogP contribution is -2.27. The van der Waals surface area contributed by atoms with Crippen molar-refractivity contribution in [1.82, 2.24) is 4.98 Å². The minimum absolute atomic E-state index is 0.495. The molecule has 1 heterocycles. The van der Waals surface area contributed by atoms with E-state index in [0.29, 0.717) is 17.6 Å². The maximum atomic E-state index is 5.66. The van der Waals surface area contributed by atoms with Gasteiger partial charge >= 0.3 is 0 Å². The van der Waals surface area contributed by atoms with Gasteiger partial charge in [-0.15, -0.1) is 0 Å². The third-order valence-electron chi connectivity index (χ3n) is 2.54. The van der Waals surface area contributed by atoms with Gasteiger partial charge in [0.2, 0.25) is 5.88 Å². The zero-order valence-electron chi connectivity index (χ0n) is 8.29. The van der Waals surface area contributed by atoms with E-state index in [1.807, 2.05) is 12.1 Å². The molecule has 2 rings (SSSR count). The monoisotopic (exact) mass is 193 g/mol. The van der Waals surface area contributed by atoms with Crippen molar-refractivity contribution in [1.29, 1.82) is 0 Å². The highest BCUT2D eigenvalue weighted by molar-refractivity contribution is 5.53. The second kappa shape index (κ2) is 3.74. The van der Waals surface area contributed by atoms with Gasteiger partial charge < -0.3 is 15.8 Å². The standard InChI is InChI=1S/C10H15N3O/c1-14-10-8(11)5-6-9(13-10)12-7-3-2-4-7/h5-7H,2-4,11H2,1H3,(H,12,13). The molecule has 0 atom stereocenters. The molecular weight excluding hydrogens is 178 g/mol. The van der Waals surface area contributed by atoms with Gasteiger partial charge in [-0.25, -0.2) is 0 Å². The van der Waals surface area contributed by atoms with E-state index in [0.717, 1.165) is 5.82 Å². The Morgan fingerprint density at radius 1 is 1.50 bits per heavy atom. The maximum Gasteiger partial charge on any atom is 0.238 e. The maximum absolute atomic E-state index is 5.66. The summed E-state index contributed by atoms with van der Waals surface area (Å²) in [7, 11) is 1.58. The number of methoxy groups -OCH3 is 1. The first-order valence-corrected chi connectivity index (χ1v) is 4.86. The Morgan fingerprint density at radius 3 is 2.86 bits per heavy atom. The summed E-state index contributed by atoms with van der Waals surface area (Å²) < 4.78 is 5.04. The molecule has 1 fully saturated rings. The average Bonchev–Trinajstić information content (AvgIpc) is 2.14. The van der Waals surface area contributed by atoms with Crippen LogP contribution in [0.1, 0.15) is 19.3 Å². The third kappa shape index (κ3) is 1.73. The van der Waals surface area contributed by atoms with Gasteiger partial charge in [-0.1, -0.05) is 0 Å². The third-order valence-corrected chi connectivity index (χ3v) is 2.54. The van der Waals surface area contributed by atoms with Crippen LogP contribution >= 0.6 is 0 Å². The zero-order chi connectivity index (χ0) is 9.97. The molecule has 0 saturated heterocycles. The number of hydrogen-bond acceptors (Lipinski definition) is 4. The fourth-order valence-corrected chi connectivity index (χ4v) is 1.46. The van der Waals surface area contributed by atoms with Crippen molar-refractivity contribution in [2.45, 2.75) is 25.3 Å². The Bertz CT molecular complexity index is 323. The number of rotatable bonds is 3. The van der Waals surface area contributed by atoms with Crippen LogP contribution < -0.4 is 15.8 Å². The zero-order valence-corrected chi connectivity index (χ0v) is 8.29. The molecule has 1 aliphatic rings. The molecule has 0 unspecified atom stereocenters. The molecule has 76 valence electrons. The van der Waals surface area contributed by atoms with Crippen LogP contribution in [0.25, 0.3) is 0 Å². The summed E-state index contributed by atoms with van der Waals surface area (Å²) in [5.74, 6) is 1.34. The SMILES string of the molecule is COc1nc(NC2CCC2)ccc1N. The Labute approximate surface area is 83.5 Å². The molecule has 1 aromatic rings. The summed E-state index contributed by atoms with van der Waals surface area (Å²) in [5.41, 5.74) is 6.24. The summed E-state index contributed by atoms with van der Waals surface area (Å²) in [5, 5.41) is 3.33. The second-order valence-electron chi connectivity index (χ2n) is 3.57. The van der Waals surface area contributed by atoms with Crippen LogP contribution in [-0.4, -0.2) is 18.1 Å². The summed E-state index contributed by atoms with van der Waals surface area (Å²) in [6.45, 7) is 0. The largest absolute Gasteiger partial charge is 0.479 e. The second-order valence-corrected chi connectivity index (χ2v) is 3.57. The molecule has 0 aliphatic heterocycles. The van der Waals surface area contributed by atoms with Crippen molar-refractivity contribution in [3.05, 3.63) is 12.1 Å². The predicted molar refractivity (Wildman–Crippen MR) is 56.5 cm³/mol. The van der Waals surface area contributed by atoms with Crippen molar-refractivity contribution >= 4 is 11.5 Å². The van der Waals surface area contributed by atoms with Gasteiger partial charge in [0.25, 0.3) is 0 Å². The molecule has 1 aromatic heterocycles. The van der Waals surface area contributed by atoms with E-state index in [4.69, 9.17) is 10.5 Å². The average molecular weight is 193 g/mol. The van der Waals surface area contributed by atoms with E-state index in [1.165, 1.54) is 19.3 Å². The minimum atomic E-state index is 0.495. The van der Waals surface area contributed by atoms with Crippen molar-refractivity contribution in [2.24, 2.45) is 0 Å². The number of nitrogens with zero attached hydrogens (tertiary/aromatic N) is 1. The topological polar surface area (TPSA) is 60.2 Å². The molecule has 14 heavy (non-hydrogen) atoms. The van der Waals surface area contributed by atoms with E-state index in [1.54, 1.807) is 7.11 Å².